The number of nitrogens with zero attached hydrogens (tertiary/aromatic N) is 7. The SMILES string of the molecule is Cc1nc(NS(=O)(=O)c2ccc(-n3nc(Nc4ccccc4)c(N=Nc4ccc(S(=O)(=O)Nc5ncccn5)cc4)c3C)cc2)oc1C. The fraction of sp³-hybridized carbons (Fsp3) is 0.0968. The van der Waals surface area contributed by atoms with Gasteiger partial charge >= 0.3 is 6.01 Å². The largest absolute Gasteiger partial charge is 0.428 e. The minimum atomic E-state index is -3.97. The maximum atomic E-state index is 13.0. The molecule has 6 rings (SSSR count). The fourth-order valence-electron chi connectivity index (χ4n) is 4.39. The Kier molecular flexibility index (Phi) is 8.70. The summed E-state index contributed by atoms with van der Waals surface area (Å²) in [5.74, 6) is 0.861. The van der Waals surface area contributed by atoms with E-state index in [0.29, 0.717) is 40.0 Å². The van der Waals surface area contributed by atoms with E-state index >= 15 is 0 Å². The molecule has 0 saturated heterocycles. The second kappa shape index (κ2) is 13.0. The summed E-state index contributed by atoms with van der Waals surface area (Å²) < 4.78 is 63.1. The molecule has 6 aromatic rings. The zero-order valence-electron chi connectivity index (χ0n) is 25.7. The number of hydrogen-bond acceptors (Lipinski definition) is 12. The Morgan fingerprint density at radius 1 is 0.729 bits per heavy atom. The van der Waals surface area contributed by atoms with E-state index in [-0.39, 0.29) is 21.8 Å². The molecule has 0 spiro atoms. The Morgan fingerprint density at radius 2 is 1.35 bits per heavy atom. The fourth-order valence-corrected chi connectivity index (χ4v) is 6.28. The summed E-state index contributed by atoms with van der Waals surface area (Å²) in [5.41, 5.74) is 3.31. The molecule has 0 aliphatic heterocycles. The zero-order valence-corrected chi connectivity index (χ0v) is 27.4. The monoisotopic (exact) mass is 684 g/mol. The quantitative estimate of drug-likeness (QED) is 0.129. The average Bonchev–Trinajstić information content (AvgIpc) is 3.56. The van der Waals surface area contributed by atoms with E-state index in [9.17, 15) is 16.8 Å². The maximum Gasteiger partial charge on any atom is 0.309 e. The lowest BCUT2D eigenvalue weighted by atomic mass is 10.3. The summed E-state index contributed by atoms with van der Waals surface area (Å²) >= 11 is 0. The zero-order chi connectivity index (χ0) is 33.9. The van der Waals surface area contributed by atoms with Gasteiger partial charge in [-0.2, -0.15) is 10.1 Å². The van der Waals surface area contributed by atoms with Crippen molar-refractivity contribution >= 4 is 54.9 Å². The standard InChI is InChI=1S/C31H28N10O5S2/c1-20-22(3)46-31(34-20)40-48(44,45)27-16-12-25(13-17-27)41-21(2)28(29(38-41)35-23-8-5-4-6-9-23)37-36-24-10-14-26(15-11-24)47(42,43)39-30-32-18-7-19-33-30/h4-19H,1-3H3,(H,34,40)(H,35,38)(H,32,33,39). The first-order valence-corrected chi connectivity index (χ1v) is 17.3. The normalized spacial score (nSPS) is 11.9. The van der Waals surface area contributed by atoms with Crippen LogP contribution in [0.4, 0.5) is 34.8 Å². The van der Waals surface area contributed by atoms with Gasteiger partial charge in [-0.1, -0.05) is 18.2 Å². The van der Waals surface area contributed by atoms with E-state index in [4.69, 9.17) is 9.52 Å². The van der Waals surface area contributed by atoms with Crippen molar-refractivity contribution in [2.45, 2.75) is 30.6 Å². The molecule has 0 fully saturated rings. The summed E-state index contributed by atoms with van der Waals surface area (Å²) in [6.07, 6.45) is 2.86. The minimum Gasteiger partial charge on any atom is -0.428 e. The van der Waals surface area contributed by atoms with Crippen LogP contribution in [-0.4, -0.2) is 41.6 Å². The molecule has 3 N–H and O–H groups in total. The molecule has 0 saturated carbocycles. The Hall–Kier alpha value is -5.94. The van der Waals surface area contributed by atoms with Crippen molar-refractivity contribution in [1.29, 1.82) is 0 Å². The number of rotatable bonds is 11. The van der Waals surface area contributed by atoms with Crippen LogP contribution in [0.5, 0.6) is 0 Å². The number of oxazole rings is 1. The van der Waals surface area contributed by atoms with Crippen molar-refractivity contribution in [2.24, 2.45) is 10.2 Å². The first-order chi connectivity index (χ1) is 23.0. The molecule has 0 aliphatic carbocycles. The smallest absolute Gasteiger partial charge is 0.309 e. The molecule has 0 amide bonds. The van der Waals surface area contributed by atoms with Crippen LogP contribution in [0, 0.1) is 20.8 Å². The number of aromatic nitrogens is 5. The van der Waals surface area contributed by atoms with Gasteiger partial charge in [-0.15, -0.1) is 10.2 Å². The highest BCUT2D eigenvalue weighted by Gasteiger charge is 2.21. The number of anilines is 4. The van der Waals surface area contributed by atoms with Gasteiger partial charge in [0.15, 0.2) is 11.5 Å². The summed E-state index contributed by atoms with van der Waals surface area (Å²) in [5, 5.41) is 16.8. The van der Waals surface area contributed by atoms with Crippen molar-refractivity contribution < 1.29 is 21.3 Å². The van der Waals surface area contributed by atoms with Crippen molar-refractivity contribution in [2.75, 3.05) is 14.8 Å². The Balaban J connectivity index is 1.27. The molecule has 0 aliphatic rings. The van der Waals surface area contributed by atoms with Crippen LogP contribution in [-0.2, 0) is 20.0 Å². The molecule has 244 valence electrons. The average molecular weight is 685 g/mol. The molecule has 0 atom stereocenters. The summed E-state index contributed by atoms with van der Waals surface area (Å²) in [6.45, 7) is 5.21. The summed E-state index contributed by atoms with van der Waals surface area (Å²) in [6, 6.07) is 22.8. The van der Waals surface area contributed by atoms with Crippen LogP contribution < -0.4 is 14.8 Å². The number of para-hydroxylation sites is 1. The van der Waals surface area contributed by atoms with Crippen LogP contribution >= 0.6 is 0 Å². The summed E-state index contributed by atoms with van der Waals surface area (Å²) in [4.78, 5) is 11.9. The third-order valence-electron chi connectivity index (χ3n) is 6.97. The van der Waals surface area contributed by atoms with E-state index in [0.717, 1.165) is 5.69 Å². The number of aryl methyl sites for hydroxylation is 2. The second-order valence-corrected chi connectivity index (χ2v) is 13.7. The Labute approximate surface area is 275 Å². The van der Waals surface area contributed by atoms with E-state index in [2.05, 4.69) is 39.9 Å². The van der Waals surface area contributed by atoms with Crippen molar-refractivity contribution in [1.82, 2.24) is 24.7 Å². The van der Waals surface area contributed by atoms with Gasteiger partial charge in [0.2, 0.25) is 5.95 Å². The van der Waals surface area contributed by atoms with Crippen LogP contribution in [0.25, 0.3) is 5.69 Å². The molecule has 0 bridgehead atoms. The van der Waals surface area contributed by atoms with Gasteiger partial charge in [0.25, 0.3) is 20.0 Å². The molecule has 15 nitrogen and oxygen atoms in total. The van der Waals surface area contributed by atoms with Gasteiger partial charge < -0.3 is 9.73 Å². The first kappa shape index (κ1) is 32.0. The molecule has 3 aromatic heterocycles. The van der Waals surface area contributed by atoms with Crippen LogP contribution in [0.3, 0.4) is 0 Å². The van der Waals surface area contributed by atoms with Gasteiger partial charge in [-0.3, -0.25) is 0 Å². The Bertz CT molecular complexity index is 2290. The molecular weight excluding hydrogens is 657 g/mol. The highest BCUT2D eigenvalue weighted by atomic mass is 32.2. The molecule has 0 radical (unpaired) electrons. The van der Waals surface area contributed by atoms with Gasteiger partial charge in [0.1, 0.15) is 5.76 Å². The predicted octanol–water partition coefficient (Wildman–Crippen LogP) is 6.34. The number of benzene rings is 3. The van der Waals surface area contributed by atoms with Crippen molar-refractivity contribution in [3.63, 3.8) is 0 Å². The number of hydrogen-bond donors (Lipinski definition) is 3. The maximum absolute atomic E-state index is 13.0. The Morgan fingerprint density at radius 3 is 1.98 bits per heavy atom. The third kappa shape index (κ3) is 7.06. The van der Waals surface area contributed by atoms with Crippen LogP contribution in [0.15, 0.2) is 122 Å². The van der Waals surface area contributed by atoms with E-state index in [1.54, 1.807) is 43.7 Å². The van der Waals surface area contributed by atoms with Crippen LogP contribution in [0.2, 0.25) is 0 Å². The van der Waals surface area contributed by atoms with Gasteiger partial charge in [-0.25, -0.2) is 40.9 Å². The second-order valence-electron chi connectivity index (χ2n) is 10.3. The minimum absolute atomic E-state index is 0.00376. The molecular formula is C31H28N10O5S2. The van der Waals surface area contributed by atoms with Crippen molar-refractivity contribution in [3.05, 3.63) is 114 Å². The number of nitrogens with one attached hydrogen (secondary N) is 3. The van der Waals surface area contributed by atoms with Crippen molar-refractivity contribution in [3.8, 4) is 5.69 Å². The molecule has 3 aromatic carbocycles. The lowest BCUT2D eigenvalue weighted by molar-refractivity contribution is 0.541. The summed E-state index contributed by atoms with van der Waals surface area (Å²) in [7, 11) is -7.89. The highest BCUT2D eigenvalue weighted by molar-refractivity contribution is 7.93. The molecule has 48 heavy (non-hydrogen) atoms. The van der Waals surface area contributed by atoms with E-state index in [1.807, 2.05) is 30.3 Å². The van der Waals surface area contributed by atoms with Gasteiger partial charge in [0.05, 0.1) is 32.6 Å². The number of sulfonamides is 2. The first-order valence-electron chi connectivity index (χ1n) is 14.3. The topological polar surface area (TPSA) is 199 Å². The van der Waals surface area contributed by atoms with Crippen LogP contribution in [0.1, 0.15) is 17.1 Å². The van der Waals surface area contributed by atoms with E-state index in [1.165, 1.54) is 48.8 Å². The molecule has 3 heterocycles. The predicted molar refractivity (Wildman–Crippen MR) is 178 cm³/mol. The number of azo groups is 1. The molecule has 0 unspecified atom stereocenters. The lowest BCUT2D eigenvalue weighted by Crippen LogP contribution is -2.14. The highest BCUT2D eigenvalue weighted by Crippen LogP contribution is 2.34. The molecule has 17 heteroatoms. The van der Waals surface area contributed by atoms with E-state index < -0.39 is 20.0 Å². The third-order valence-corrected chi connectivity index (χ3v) is 9.65. The van der Waals surface area contributed by atoms with Gasteiger partial charge in [-0.05, 0) is 87.5 Å². The lowest BCUT2D eigenvalue weighted by Gasteiger charge is -2.07. The van der Waals surface area contributed by atoms with Gasteiger partial charge in [0, 0.05) is 18.1 Å².